The molecule has 0 saturated carbocycles. The van der Waals surface area contributed by atoms with Crippen molar-refractivity contribution in [2.45, 2.75) is 33.2 Å². The zero-order valence-corrected chi connectivity index (χ0v) is 19.4. The van der Waals surface area contributed by atoms with E-state index in [-0.39, 0.29) is 35.8 Å². The number of hydrogen-bond acceptors (Lipinski definition) is 3. The highest BCUT2D eigenvalue weighted by Gasteiger charge is 2.08. The Morgan fingerprint density at radius 3 is 2.37 bits per heavy atom. The summed E-state index contributed by atoms with van der Waals surface area (Å²) in [6, 6.07) is 12.1. The van der Waals surface area contributed by atoms with Gasteiger partial charge in [-0.1, -0.05) is 39.0 Å². The van der Waals surface area contributed by atoms with Crippen LogP contribution < -0.4 is 16.0 Å². The molecule has 7 heteroatoms. The molecule has 2 rings (SSSR count). The van der Waals surface area contributed by atoms with Crippen molar-refractivity contribution < 1.29 is 4.79 Å². The van der Waals surface area contributed by atoms with E-state index in [0.717, 1.165) is 23.8 Å². The number of thiophene rings is 1. The van der Waals surface area contributed by atoms with Gasteiger partial charge in [-0.25, -0.2) is 0 Å². The van der Waals surface area contributed by atoms with E-state index in [1.54, 1.807) is 18.4 Å². The van der Waals surface area contributed by atoms with Gasteiger partial charge in [0.15, 0.2) is 5.96 Å². The normalized spacial score (nSPS) is 12.3. The molecule has 0 aliphatic rings. The lowest BCUT2D eigenvalue weighted by Crippen LogP contribution is -2.38. The van der Waals surface area contributed by atoms with Crippen LogP contribution in [0.15, 0.2) is 46.8 Å². The number of halogens is 1. The van der Waals surface area contributed by atoms with Crippen molar-refractivity contribution in [2.24, 2.45) is 10.9 Å². The van der Waals surface area contributed by atoms with E-state index in [9.17, 15) is 4.79 Å². The maximum atomic E-state index is 11.7. The van der Waals surface area contributed by atoms with Gasteiger partial charge in [0, 0.05) is 42.5 Å². The van der Waals surface area contributed by atoms with Crippen LogP contribution in [0.5, 0.6) is 0 Å². The van der Waals surface area contributed by atoms with Crippen molar-refractivity contribution in [3.63, 3.8) is 0 Å². The van der Waals surface area contributed by atoms with Crippen LogP contribution in [0, 0.1) is 5.92 Å². The first-order valence-corrected chi connectivity index (χ1v) is 9.75. The van der Waals surface area contributed by atoms with E-state index < -0.39 is 0 Å². The number of guanidine groups is 1. The Morgan fingerprint density at radius 1 is 1.11 bits per heavy atom. The Labute approximate surface area is 183 Å². The number of benzene rings is 1. The Bertz CT molecular complexity index is 714. The highest BCUT2D eigenvalue weighted by atomic mass is 127. The van der Waals surface area contributed by atoms with Crippen molar-refractivity contribution in [3.8, 4) is 0 Å². The van der Waals surface area contributed by atoms with Crippen LogP contribution >= 0.6 is 35.3 Å². The maximum absolute atomic E-state index is 11.7. The third-order valence-electron chi connectivity index (χ3n) is 4.03. The fourth-order valence-electron chi connectivity index (χ4n) is 2.32. The predicted octanol–water partition coefficient (Wildman–Crippen LogP) is 4.43. The standard InChI is InChI=1S/C20H28N4OS.HI/c1-14(2)19(25)24-17-9-7-16(8-10-17)13-23-20(21-4)22-12-15(3)18-6-5-11-26-18;/h5-11,14-15H,12-13H2,1-4H3,(H,24,25)(H2,21,22,23);1H. The number of carbonyl (C=O) groups is 1. The van der Waals surface area contributed by atoms with Gasteiger partial charge in [0.05, 0.1) is 0 Å². The van der Waals surface area contributed by atoms with E-state index in [1.165, 1.54) is 4.88 Å². The largest absolute Gasteiger partial charge is 0.356 e. The summed E-state index contributed by atoms with van der Waals surface area (Å²) in [4.78, 5) is 17.4. The summed E-state index contributed by atoms with van der Waals surface area (Å²) in [5, 5.41) is 11.7. The number of amides is 1. The third kappa shape index (κ3) is 7.88. The molecule has 0 radical (unpaired) electrons. The van der Waals surface area contributed by atoms with Crippen LogP contribution in [0.3, 0.4) is 0 Å². The SMILES string of the molecule is CN=C(NCc1ccc(NC(=O)C(C)C)cc1)NCC(C)c1cccs1.I. The fraction of sp³-hybridized carbons (Fsp3) is 0.400. The summed E-state index contributed by atoms with van der Waals surface area (Å²) in [5.41, 5.74) is 1.95. The highest BCUT2D eigenvalue weighted by Crippen LogP contribution is 2.19. The first kappa shape index (κ1) is 23.4. The lowest BCUT2D eigenvalue weighted by atomic mass is 10.1. The van der Waals surface area contributed by atoms with Crippen molar-refractivity contribution in [3.05, 3.63) is 52.2 Å². The average molecular weight is 500 g/mol. The molecule has 1 heterocycles. The lowest BCUT2D eigenvalue weighted by Gasteiger charge is -2.15. The van der Waals surface area contributed by atoms with E-state index in [4.69, 9.17) is 0 Å². The average Bonchev–Trinajstić information content (AvgIpc) is 3.17. The molecule has 0 saturated heterocycles. The van der Waals surface area contributed by atoms with Crippen LogP contribution in [0.1, 0.15) is 37.1 Å². The van der Waals surface area contributed by atoms with Crippen molar-refractivity contribution in [2.75, 3.05) is 18.9 Å². The Hall–Kier alpha value is -1.61. The highest BCUT2D eigenvalue weighted by molar-refractivity contribution is 14.0. The monoisotopic (exact) mass is 500 g/mol. The first-order chi connectivity index (χ1) is 12.5. The van der Waals surface area contributed by atoms with Crippen LogP contribution in [-0.4, -0.2) is 25.5 Å². The summed E-state index contributed by atoms with van der Waals surface area (Å²) in [6.45, 7) is 7.47. The second kappa shape index (κ2) is 12.0. The van der Waals surface area contributed by atoms with Gasteiger partial charge in [0.1, 0.15) is 0 Å². The Morgan fingerprint density at radius 2 is 1.81 bits per heavy atom. The van der Waals surface area contributed by atoms with E-state index in [2.05, 4.69) is 45.4 Å². The van der Waals surface area contributed by atoms with Crippen molar-refractivity contribution in [1.29, 1.82) is 0 Å². The smallest absolute Gasteiger partial charge is 0.226 e. The zero-order valence-electron chi connectivity index (χ0n) is 16.3. The summed E-state index contributed by atoms with van der Waals surface area (Å²) in [7, 11) is 1.77. The second-order valence-corrected chi connectivity index (χ2v) is 7.54. The quantitative estimate of drug-likeness (QED) is 0.300. The van der Waals surface area contributed by atoms with Crippen LogP contribution in [0.2, 0.25) is 0 Å². The summed E-state index contributed by atoms with van der Waals surface area (Å²) in [6.07, 6.45) is 0. The lowest BCUT2D eigenvalue weighted by molar-refractivity contribution is -0.118. The molecule has 0 spiro atoms. The maximum Gasteiger partial charge on any atom is 0.226 e. The molecular formula is C20H29IN4OS. The van der Waals surface area contributed by atoms with E-state index in [0.29, 0.717) is 12.5 Å². The van der Waals surface area contributed by atoms with Crippen LogP contribution in [0.4, 0.5) is 5.69 Å². The molecule has 1 atom stereocenters. The van der Waals surface area contributed by atoms with Crippen LogP contribution in [0.25, 0.3) is 0 Å². The minimum Gasteiger partial charge on any atom is -0.356 e. The van der Waals surface area contributed by atoms with Crippen molar-refractivity contribution >= 4 is 52.9 Å². The van der Waals surface area contributed by atoms with Gasteiger partial charge in [0.2, 0.25) is 5.91 Å². The second-order valence-electron chi connectivity index (χ2n) is 6.56. The number of rotatable bonds is 7. The molecule has 27 heavy (non-hydrogen) atoms. The molecule has 0 fully saturated rings. The number of nitrogens with one attached hydrogen (secondary N) is 3. The van der Waals surface area contributed by atoms with Crippen LogP contribution in [-0.2, 0) is 11.3 Å². The summed E-state index contributed by atoms with van der Waals surface area (Å²) >= 11 is 1.78. The minimum atomic E-state index is -0.0256. The molecule has 0 bridgehead atoms. The number of carbonyl (C=O) groups excluding carboxylic acids is 1. The number of nitrogens with zero attached hydrogens (tertiary/aromatic N) is 1. The Kier molecular flexibility index (Phi) is 10.4. The molecule has 3 N–H and O–H groups in total. The molecule has 0 aliphatic heterocycles. The van der Waals surface area contributed by atoms with Crippen molar-refractivity contribution in [1.82, 2.24) is 10.6 Å². The molecule has 1 aromatic heterocycles. The topological polar surface area (TPSA) is 65.5 Å². The van der Waals surface area contributed by atoms with Gasteiger partial charge in [-0.15, -0.1) is 35.3 Å². The molecule has 1 unspecified atom stereocenters. The summed E-state index contributed by atoms with van der Waals surface area (Å²) in [5.74, 6) is 1.23. The van der Waals surface area contributed by atoms with Gasteiger partial charge in [-0.3, -0.25) is 9.79 Å². The molecule has 1 amide bonds. The third-order valence-corrected chi connectivity index (χ3v) is 5.14. The predicted molar refractivity (Wildman–Crippen MR) is 126 cm³/mol. The zero-order chi connectivity index (χ0) is 18.9. The van der Waals surface area contributed by atoms with Gasteiger partial charge in [0.25, 0.3) is 0 Å². The molecule has 5 nitrogen and oxygen atoms in total. The molecule has 0 aliphatic carbocycles. The number of anilines is 1. The van der Waals surface area contributed by atoms with E-state index in [1.807, 2.05) is 38.1 Å². The molecule has 2 aromatic rings. The minimum absolute atomic E-state index is 0. The van der Waals surface area contributed by atoms with E-state index >= 15 is 0 Å². The van der Waals surface area contributed by atoms with Gasteiger partial charge >= 0.3 is 0 Å². The van der Waals surface area contributed by atoms with Gasteiger partial charge in [-0.2, -0.15) is 0 Å². The number of hydrogen-bond donors (Lipinski definition) is 3. The molecule has 148 valence electrons. The first-order valence-electron chi connectivity index (χ1n) is 8.87. The van der Waals surface area contributed by atoms with Gasteiger partial charge < -0.3 is 16.0 Å². The Balaban J connectivity index is 0.00000364. The fourth-order valence-corrected chi connectivity index (χ4v) is 3.11. The molecular weight excluding hydrogens is 471 g/mol. The summed E-state index contributed by atoms with van der Waals surface area (Å²) < 4.78 is 0. The number of aliphatic imine (C=N–C) groups is 1. The van der Waals surface area contributed by atoms with Gasteiger partial charge in [-0.05, 0) is 29.1 Å². The molecule has 1 aromatic carbocycles.